The fourth-order valence-corrected chi connectivity index (χ4v) is 2.56. The Labute approximate surface area is 138 Å². The second-order valence-corrected chi connectivity index (χ2v) is 11.7. The second-order valence-electron chi connectivity index (χ2n) is 3.12. The maximum absolute atomic E-state index is 10.7. The van der Waals surface area contributed by atoms with Crippen molar-refractivity contribution in [1.82, 2.24) is 3.71 Å². The minimum absolute atomic E-state index is 0.243. The lowest BCUT2D eigenvalue weighted by atomic mass is 10.9. The Bertz CT molecular complexity index is 465. The molecule has 0 aromatic rings. The van der Waals surface area contributed by atoms with E-state index in [0.29, 0.717) is 15.7 Å². The van der Waals surface area contributed by atoms with Crippen LogP contribution in [-0.2, 0) is 20.0 Å². The topological polar surface area (TPSA) is 97.5 Å². The summed E-state index contributed by atoms with van der Waals surface area (Å²) in [5, 5.41) is 4.76. The number of hydrogen-bond donors (Lipinski definition) is 1. The van der Waals surface area contributed by atoms with Crippen LogP contribution >= 0.6 is 58.4 Å². The van der Waals surface area contributed by atoms with Crippen LogP contribution in [0.5, 0.6) is 0 Å². The van der Waals surface area contributed by atoms with Gasteiger partial charge in [-0.25, -0.2) is 13.6 Å². The van der Waals surface area contributed by atoms with Crippen molar-refractivity contribution in [1.29, 1.82) is 0 Å². The van der Waals surface area contributed by atoms with E-state index in [1.807, 2.05) is 0 Å². The Kier molecular flexibility index (Phi) is 10.3. The van der Waals surface area contributed by atoms with Crippen molar-refractivity contribution in [3.05, 3.63) is 0 Å². The molecule has 0 aliphatic heterocycles. The molecule has 0 unspecified atom stereocenters. The van der Waals surface area contributed by atoms with Gasteiger partial charge in [-0.05, 0) is 11.9 Å². The Morgan fingerprint density at radius 2 is 1.58 bits per heavy atom. The molecule has 0 aliphatic rings. The van der Waals surface area contributed by atoms with E-state index < -0.39 is 28.5 Å². The minimum atomic E-state index is -3.86. The molecule has 6 nitrogen and oxygen atoms in total. The third-order valence-corrected chi connectivity index (χ3v) is 6.95. The van der Waals surface area contributed by atoms with Crippen LogP contribution in [0.15, 0.2) is 0 Å². The number of nitrogens with two attached hydrogens (primary N) is 1. The molecule has 0 rings (SSSR count). The van der Waals surface area contributed by atoms with Gasteiger partial charge in [-0.3, -0.25) is 0 Å². The van der Waals surface area contributed by atoms with Crippen molar-refractivity contribution >= 4 is 78.4 Å². The molecule has 0 saturated carbocycles. The second kappa shape index (κ2) is 8.70. The number of alkyl halides is 4. The normalized spacial score (nSPS) is 13.4. The quantitative estimate of drug-likeness (QED) is 0.544. The van der Waals surface area contributed by atoms with Crippen LogP contribution in [0.2, 0.25) is 0 Å². The van der Waals surface area contributed by atoms with Gasteiger partial charge >= 0.3 is 0 Å². The highest BCUT2D eigenvalue weighted by atomic mass is 35.5. The molecule has 0 atom stereocenters. The summed E-state index contributed by atoms with van der Waals surface area (Å²) in [5.74, 6) is 0.243. The predicted molar refractivity (Wildman–Crippen MR) is 83.8 cm³/mol. The zero-order valence-electron chi connectivity index (χ0n) is 10.2. The molecule has 0 aliphatic carbocycles. The first kappa shape index (κ1) is 22.6. The van der Waals surface area contributed by atoms with E-state index in [1.165, 1.54) is 13.3 Å². The molecule has 19 heavy (non-hydrogen) atoms. The predicted octanol–water partition coefficient (Wildman–Crippen LogP) is 1.76. The smallest absolute Gasteiger partial charge is 0.229 e. The molecule has 0 spiro atoms. The van der Waals surface area contributed by atoms with Crippen LogP contribution in [0.25, 0.3) is 0 Å². The van der Waals surface area contributed by atoms with E-state index in [0.717, 1.165) is 0 Å². The molecular weight excluding hydrogens is 402 g/mol. The van der Waals surface area contributed by atoms with Gasteiger partial charge in [0.15, 0.2) is 4.84 Å². The van der Waals surface area contributed by atoms with Crippen molar-refractivity contribution < 1.29 is 16.8 Å². The van der Waals surface area contributed by atoms with Crippen molar-refractivity contribution in [3.8, 4) is 0 Å². The van der Waals surface area contributed by atoms with Crippen LogP contribution in [0.4, 0.5) is 0 Å². The first-order valence-corrected chi connectivity index (χ1v) is 10.4. The molecule has 0 radical (unpaired) electrons. The van der Waals surface area contributed by atoms with Gasteiger partial charge in [0.25, 0.3) is 10.2 Å². The summed E-state index contributed by atoms with van der Waals surface area (Å²) < 4.78 is 40.4. The van der Waals surface area contributed by atoms with Gasteiger partial charge in [-0.2, -0.15) is 8.42 Å². The van der Waals surface area contributed by atoms with Crippen LogP contribution < -0.4 is 5.14 Å². The number of rotatable bonds is 5. The number of nitrogens with zero attached hydrogens (tertiary/aromatic N) is 1. The highest BCUT2D eigenvalue weighted by Crippen LogP contribution is 2.44. The molecule has 0 saturated heterocycles. The summed E-state index contributed by atoms with van der Waals surface area (Å²) in [7, 11) is -5.35. The van der Waals surface area contributed by atoms with Crippen LogP contribution in [-0.4, -0.2) is 48.1 Å². The molecule has 0 fully saturated rings. The van der Waals surface area contributed by atoms with Crippen molar-refractivity contribution in [3.63, 3.8) is 0 Å². The van der Waals surface area contributed by atoms with E-state index in [1.54, 1.807) is 6.92 Å². The van der Waals surface area contributed by atoms with Crippen molar-refractivity contribution in [2.75, 3.05) is 19.1 Å². The Balaban J connectivity index is 0. The molecule has 0 amide bonds. The van der Waals surface area contributed by atoms with E-state index in [-0.39, 0.29) is 5.75 Å². The zero-order chi connectivity index (χ0) is 16.1. The third kappa shape index (κ3) is 12.8. The Morgan fingerprint density at radius 3 is 1.74 bits per heavy atom. The first-order valence-electron chi connectivity index (χ1n) is 4.43. The van der Waals surface area contributed by atoms with Gasteiger partial charge in [-0.15, -0.1) is 26.9 Å². The summed E-state index contributed by atoms with van der Waals surface area (Å²) >= 11 is 22.4. The van der Waals surface area contributed by atoms with E-state index >= 15 is 0 Å². The van der Waals surface area contributed by atoms with E-state index in [2.05, 4.69) is 0 Å². The molecule has 2 N–H and O–H groups in total. The van der Waals surface area contributed by atoms with Gasteiger partial charge in [0.1, 0.15) is 9.84 Å². The highest BCUT2D eigenvalue weighted by molar-refractivity contribution is 8.10. The number of hydrogen-bond acceptors (Lipinski definition) is 5. The molecule has 0 bridgehead atoms. The summed E-state index contributed by atoms with van der Waals surface area (Å²) in [6, 6.07) is 0. The highest BCUT2D eigenvalue weighted by Gasteiger charge is 2.37. The fraction of sp³-hybridized carbons (Fsp3) is 1.00. The maximum Gasteiger partial charge on any atom is 0.286 e. The lowest BCUT2D eigenvalue weighted by Crippen LogP contribution is -2.33. The van der Waals surface area contributed by atoms with Crippen molar-refractivity contribution in [2.45, 2.75) is 15.4 Å². The van der Waals surface area contributed by atoms with Crippen LogP contribution in [0.1, 0.15) is 6.92 Å². The van der Waals surface area contributed by atoms with Gasteiger partial charge in [0, 0.05) is 19.1 Å². The molecular formula is C6H14Cl4N2O4S3. The zero-order valence-corrected chi connectivity index (χ0v) is 15.7. The maximum atomic E-state index is 10.7. The summed E-state index contributed by atoms with van der Waals surface area (Å²) in [6.45, 7) is 1.62. The number of sulfone groups is 1. The third-order valence-electron chi connectivity index (χ3n) is 1.39. The lowest BCUT2D eigenvalue weighted by Gasteiger charge is -2.23. The molecule has 0 aromatic carbocycles. The summed E-state index contributed by atoms with van der Waals surface area (Å²) in [4.78, 5) is -1.15. The van der Waals surface area contributed by atoms with Gasteiger partial charge in [0.05, 0.1) is 0 Å². The van der Waals surface area contributed by atoms with E-state index in [9.17, 15) is 16.8 Å². The van der Waals surface area contributed by atoms with Crippen LogP contribution in [0.3, 0.4) is 0 Å². The minimum Gasteiger partial charge on any atom is -0.229 e. The summed E-state index contributed by atoms with van der Waals surface area (Å²) in [5.41, 5.74) is 0. The average molecular weight is 416 g/mol. The van der Waals surface area contributed by atoms with E-state index in [4.69, 9.17) is 51.5 Å². The standard InChI is InChI=1S/C3H6Cl4N2O2S2.C3H8O2S/c1-9(13(8,10)11)12-3(6,7)2(4)5;1-3-6(2,4)5/h2H,1H3,(H2,8,10,11);3H2,1-2H3. The fourth-order valence-electron chi connectivity index (χ4n) is 0.263. The molecule has 0 heterocycles. The van der Waals surface area contributed by atoms with Gasteiger partial charge in [0.2, 0.25) is 3.67 Å². The Morgan fingerprint density at radius 1 is 1.26 bits per heavy atom. The molecule has 0 aromatic heterocycles. The lowest BCUT2D eigenvalue weighted by molar-refractivity contribution is 0.566. The molecule has 13 heteroatoms. The Hall–Kier alpha value is 1.33. The largest absolute Gasteiger partial charge is 0.286 e. The van der Waals surface area contributed by atoms with Gasteiger partial charge < -0.3 is 0 Å². The molecule has 118 valence electrons. The van der Waals surface area contributed by atoms with Crippen LogP contribution in [0, 0.1) is 0 Å². The number of halogens is 4. The summed E-state index contributed by atoms with van der Waals surface area (Å²) in [6.07, 6.45) is 1.22. The first-order chi connectivity index (χ1) is 8.13. The van der Waals surface area contributed by atoms with Crippen molar-refractivity contribution in [2.24, 2.45) is 5.14 Å². The SMILES string of the molecule is CCS(C)(=O)=O.CN(SC(Cl)(Cl)C(Cl)Cl)S(N)(=O)=O. The average Bonchev–Trinajstić information content (AvgIpc) is 2.15. The monoisotopic (exact) mass is 414 g/mol. The van der Waals surface area contributed by atoms with Gasteiger partial charge in [-0.1, -0.05) is 30.1 Å².